The molecule has 0 fully saturated rings. The molecule has 7 heteroatoms. The highest BCUT2D eigenvalue weighted by Crippen LogP contribution is 2.33. The van der Waals surface area contributed by atoms with E-state index >= 15 is 0 Å². The number of carbonyl (C=O) groups excluding carboxylic acids is 1. The van der Waals surface area contributed by atoms with Crippen LogP contribution in [-0.4, -0.2) is 30.0 Å². The van der Waals surface area contributed by atoms with E-state index in [4.69, 9.17) is 9.47 Å². The third-order valence-electron chi connectivity index (χ3n) is 3.29. The molecule has 1 N–H and O–H groups in total. The second kappa shape index (κ2) is 7.28. The fourth-order valence-electron chi connectivity index (χ4n) is 2.07. The molecule has 0 aliphatic heterocycles. The minimum atomic E-state index is -0.501. The Morgan fingerprint density at radius 2 is 1.83 bits per heavy atom. The molecule has 0 radical (unpaired) electrons. The number of phenolic OH excluding ortho intramolecular Hbond substituents is 1. The molecule has 0 aliphatic rings. The van der Waals surface area contributed by atoms with E-state index in [9.17, 15) is 20.0 Å². The monoisotopic (exact) mass is 329 g/mol. The van der Waals surface area contributed by atoms with Crippen LogP contribution in [0.3, 0.4) is 0 Å². The molecule has 0 aromatic heterocycles. The molecule has 0 spiro atoms. The summed E-state index contributed by atoms with van der Waals surface area (Å²) in [6.45, 7) is 0. The van der Waals surface area contributed by atoms with Gasteiger partial charge < -0.3 is 14.6 Å². The zero-order chi connectivity index (χ0) is 17.7. The average molecular weight is 329 g/mol. The summed E-state index contributed by atoms with van der Waals surface area (Å²) in [5, 5.41) is 20.6. The molecule has 0 atom stereocenters. The van der Waals surface area contributed by atoms with Gasteiger partial charge in [0.15, 0.2) is 5.78 Å². The third kappa shape index (κ3) is 3.70. The van der Waals surface area contributed by atoms with Crippen molar-refractivity contribution in [2.75, 3.05) is 14.2 Å². The van der Waals surface area contributed by atoms with E-state index in [-0.39, 0.29) is 22.7 Å². The van der Waals surface area contributed by atoms with Crippen LogP contribution in [-0.2, 0) is 0 Å². The van der Waals surface area contributed by atoms with E-state index in [1.165, 1.54) is 62.8 Å². The van der Waals surface area contributed by atoms with Crippen LogP contribution in [0.5, 0.6) is 17.2 Å². The number of rotatable bonds is 6. The van der Waals surface area contributed by atoms with Crippen molar-refractivity contribution in [2.24, 2.45) is 0 Å². The summed E-state index contributed by atoms with van der Waals surface area (Å²) in [7, 11) is 2.81. The molecule has 124 valence electrons. The smallest absolute Gasteiger partial charge is 0.269 e. The largest absolute Gasteiger partial charge is 0.507 e. The number of methoxy groups -OCH3 is 2. The van der Waals surface area contributed by atoms with E-state index in [1.54, 1.807) is 0 Å². The molecular weight excluding hydrogens is 314 g/mol. The Labute approximate surface area is 137 Å². The Morgan fingerprint density at radius 3 is 2.38 bits per heavy atom. The number of hydrogen-bond acceptors (Lipinski definition) is 6. The minimum Gasteiger partial charge on any atom is -0.507 e. The van der Waals surface area contributed by atoms with Crippen molar-refractivity contribution < 1.29 is 24.3 Å². The summed E-state index contributed by atoms with van der Waals surface area (Å²) in [4.78, 5) is 22.4. The van der Waals surface area contributed by atoms with Gasteiger partial charge in [0, 0.05) is 24.3 Å². The Hall–Kier alpha value is -3.35. The highest BCUT2D eigenvalue weighted by atomic mass is 16.6. The van der Waals surface area contributed by atoms with E-state index in [0.29, 0.717) is 11.3 Å². The predicted octanol–water partition coefficient (Wildman–Crippen LogP) is 3.21. The van der Waals surface area contributed by atoms with Crippen LogP contribution in [0.1, 0.15) is 15.9 Å². The fourth-order valence-corrected chi connectivity index (χ4v) is 2.07. The molecule has 0 unspecified atom stereocenters. The normalized spacial score (nSPS) is 10.6. The van der Waals surface area contributed by atoms with Gasteiger partial charge in [0.25, 0.3) is 5.69 Å². The first-order chi connectivity index (χ1) is 11.5. The number of aromatic hydroxyl groups is 1. The maximum atomic E-state index is 12.3. The maximum absolute atomic E-state index is 12.3. The van der Waals surface area contributed by atoms with E-state index in [1.807, 2.05) is 0 Å². The Bertz CT molecular complexity index is 795. The highest BCUT2D eigenvalue weighted by Gasteiger charge is 2.17. The predicted molar refractivity (Wildman–Crippen MR) is 87.7 cm³/mol. The van der Waals surface area contributed by atoms with E-state index < -0.39 is 10.7 Å². The molecule has 0 saturated heterocycles. The highest BCUT2D eigenvalue weighted by molar-refractivity contribution is 6.10. The van der Waals surface area contributed by atoms with Crippen LogP contribution in [0.4, 0.5) is 5.69 Å². The van der Waals surface area contributed by atoms with Crippen LogP contribution in [0, 0.1) is 10.1 Å². The number of nitro groups is 1. The van der Waals surface area contributed by atoms with Crippen molar-refractivity contribution in [2.45, 2.75) is 0 Å². The lowest BCUT2D eigenvalue weighted by Gasteiger charge is -2.10. The Balaban J connectivity index is 2.27. The average Bonchev–Trinajstić information content (AvgIpc) is 2.59. The van der Waals surface area contributed by atoms with Crippen LogP contribution < -0.4 is 9.47 Å². The van der Waals surface area contributed by atoms with Gasteiger partial charge in [0.05, 0.1) is 19.1 Å². The Morgan fingerprint density at radius 1 is 1.17 bits per heavy atom. The topological polar surface area (TPSA) is 98.9 Å². The fraction of sp³-hybridized carbons (Fsp3) is 0.118. The number of phenols is 1. The summed E-state index contributed by atoms with van der Waals surface area (Å²) >= 11 is 0. The summed E-state index contributed by atoms with van der Waals surface area (Å²) in [5.74, 6) is -0.180. The summed E-state index contributed by atoms with van der Waals surface area (Å²) < 4.78 is 10.1. The SMILES string of the molecule is COc1cc(O)c(C(=O)C=Cc2ccc([N+](=O)[O-])cc2)c(OC)c1. The van der Waals surface area contributed by atoms with Crippen molar-refractivity contribution in [1.29, 1.82) is 0 Å². The molecule has 2 aromatic rings. The number of ketones is 1. The van der Waals surface area contributed by atoms with Crippen molar-refractivity contribution >= 4 is 17.5 Å². The molecule has 2 aromatic carbocycles. The second-order valence-electron chi connectivity index (χ2n) is 4.77. The van der Waals surface area contributed by atoms with Gasteiger partial charge in [-0.1, -0.05) is 6.08 Å². The van der Waals surface area contributed by atoms with Crippen LogP contribution in [0.2, 0.25) is 0 Å². The zero-order valence-corrected chi connectivity index (χ0v) is 13.1. The minimum absolute atomic E-state index is 0.0106. The van der Waals surface area contributed by atoms with Gasteiger partial charge >= 0.3 is 0 Å². The number of ether oxygens (including phenoxy) is 2. The van der Waals surface area contributed by atoms with Gasteiger partial charge in [0.2, 0.25) is 0 Å². The molecule has 7 nitrogen and oxygen atoms in total. The molecule has 24 heavy (non-hydrogen) atoms. The summed E-state index contributed by atoms with van der Waals surface area (Å²) in [6.07, 6.45) is 2.75. The van der Waals surface area contributed by atoms with Crippen molar-refractivity contribution in [3.05, 3.63) is 63.7 Å². The standard InChI is InChI=1S/C17H15NO6/c1-23-13-9-15(20)17(16(10-13)24-2)14(19)8-5-11-3-6-12(7-4-11)18(21)22/h3-10,20H,1-2H3. The lowest BCUT2D eigenvalue weighted by Crippen LogP contribution is -2.00. The van der Waals surface area contributed by atoms with E-state index in [0.717, 1.165) is 0 Å². The molecule has 0 aliphatic carbocycles. The molecule has 0 bridgehead atoms. The number of benzene rings is 2. The number of nitro benzene ring substituents is 1. The third-order valence-corrected chi connectivity index (χ3v) is 3.29. The van der Waals surface area contributed by atoms with Crippen LogP contribution >= 0.6 is 0 Å². The van der Waals surface area contributed by atoms with Crippen molar-refractivity contribution in [3.8, 4) is 17.2 Å². The number of non-ortho nitro benzene ring substituents is 1. The lowest BCUT2D eigenvalue weighted by molar-refractivity contribution is -0.384. The molecule has 0 saturated carbocycles. The van der Waals surface area contributed by atoms with Crippen molar-refractivity contribution in [1.82, 2.24) is 0 Å². The molecule has 2 rings (SSSR count). The quantitative estimate of drug-likeness (QED) is 0.378. The number of carbonyl (C=O) groups is 1. The number of nitrogens with zero attached hydrogens (tertiary/aromatic N) is 1. The maximum Gasteiger partial charge on any atom is 0.269 e. The second-order valence-corrected chi connectivity index (χ2v) is 4.77. The van der Waals surface area contributed by atoms with Gasteiger partial charge in [-0.25, -0.2) is 0 Å². The number of allylic oxidation sites excluding steroid dienone is 1. The van der Waals surface area contributed by atoms with Crippen LogP contribution in [0.25, 0.3) is 6.08 Å². The van der Waals surface area contributed by atoms with Gasteiger partial charge in [-0.15, -0.1) is 0 Å². The van der Waals surface area contributed by atoms with Gasteiger partial charge in [-0.05, 0) is 23.8 Å². The molecular formula is C17H15NO6. The van der Waals surface area contributed by atoms with Crippen LogP contribution in [0.15, 0.2) is 42.5 Å². The first-order valence-corrected chi connectivity index (χ1v) is 6.88. The zero-order valence-electron chi connectivity index (χ0n) is 13.1. The molecule has 0 amide bonds. The number of hydrogen-bond donors (Lipinski definition) is 1. The Kier molecular flexibility index (Phi) is 5.16. The van der Waals surface area contributed by atoms with Crippen molar-refractivity contribution in [3.63, 3.8) is 0 Å². The molecule has 0 heterocycles. The van der Waals surface area contributed by atoms with Gasteiger partial charge in [0.1, 0.15) is 22.8 Å². The van der Waals surface area contributed by atoms with Gasteiger partial charge in [-0.3, -0.25) is 14.9 Å². The first-order valence-electron chi connectivity index (χ1n) is 6.88. The van der Waals surface area contributed by atoms with E-state index in [2.05, 4.69) is 0 Å². The summed E-state index contributed by atoms with van der Waals surface area (Å²) in [6, 6.07) is 8.54. The summed E-state index contributed by atoms with van der Waals surface area (Å²) in [5.41, 5.74) is 0.588. The van der Waals surface area contributed by atoms with Gasteiger partial charge in [-0.2, -0.15) is 0 Å². The first kappa shape index (κ1) is 17.0. The lowest BCUT2D eigenvalue weighted by atomic mass is 10.1.